The quantitative estimate of drug-likeness (QED) is 0.137. The lowest BCUT2D eigenvalue weighted by atomic mass is 10.1. The van der Waals surface area contributed by atoms with E-state index in [1.807, 2.05) is 6.07 Å². The average Bonchev–Trinajstić information content (AvgIpc) is 3.42. The summed E-state index contributed by atoms with van der Waals surface area (Å²) >= 11 is 0. The fraction of sp³-hybridized carbons (Fsp3) is 0.429. The number of benzene rings is 2. The Morgan fingerprint density at radius 3 is 2.22 bits per heavy atom. The molecule has 2 aromatic rings. The summed E-state index contributed by atoms with van der Waals surface area (Å²) in [6, 6.07) is 14.6. The summed E-state index contributed by atoms with van der Waals surface area (Å²) in [4.78, 5) is 49.4. The maximum absolute atomic E-state index is 13.1. The van der Waals surface area contributed by atoms with Crippen molar-refractivity contribution in [1.82, 2.24) is 10.8 Å². The number of hydrogen-bond donors (Lipinski definition) is 4. The van der Waals surface area contributed by atoms with Gasteiger partial charge in [0, 0.05) is 24.1 Å². The molecule has 3 amide bonds. The number of amides is 3. The number of ether oxygens (including phenoxy) is 1. The van der Waals surface area contributed by atoms with Crippen LogP contribution in [0, 0.1) is 0 Å². The minimum atomic E-state index is -0.934. The van der Waals surface area contributed by atoms with Gasteiger partial charge in [-0.15, -0.1) is 0 Å². The van der Waals surface area contributed by atoms with E-state index in [0.29, 0.717) is 36.1 Å². The molecule has 1 fully saturated rings. The highest BCUT2D eigenvalue weighted by Crippen LogP contribution is 2.24. The van der Waals surface area contributed by atoms with E-state index in [0.717, 1.165) is 38.5 Å². The van der Waals surface area contributed by atoms with E-state index in [-0.39, 0.29) is 18.4 Å². The van der Waals surface area contributed by atoms with E-state index in [2.05, 4.69) is 10.6 Å². The predicted octanol–water partition coefficient (Wildman–Crippen LogP) is 4.43. The molecule has 198 valence electrons. The van der Waals surface area contributed by atoms with Gasteiger partial charge in [-0.2, -0.15) is 0 Å². The molecule has 1 saturated carbocycles. The number of nitrogens with one attached hydrogen (secondary N) is 3. The zero-order chi connectivity index (χ0) is 26.5. The van der Waals surface area contributed by atoms with Crippen LogP contribution in [-0.2, 0) is 19.1 Å². The molecule has 0 bridgehead atoms. The number of unbranched alkanes of at least 4 members (excludes halogenated alkanes) is 3. The van der Waals surface area contributed by atoms with E-state index in [1.165, 1.54) is 0 Å². The number of carbonyl (C=O) groups is 4. The summed E-state index contributed by atoms with van der Waals surface area (Å²) in [5, 5.41) is 14.1. The van der Waals surface area contributed by atoms with Crippen molar-refractivity contribution in [2.45, 2.75) is 76.4 Å². The normalized spacial score (nSPS) is 14.0. The number of rotatable bonds is 13. The molecule has 9 nitrogen and oxygen atoms in total. The van der Waals surface area contributed by atoms with E-state index < -0.39 is 23.8 Å². The van der Waals surface area contributed by atoms with Crippen molar-refractivity contribution in [2.24, 2.45) is 0 Å². The topological polar surface area (TPSA) is 134 Å². The van der Waals surface area contributed by atoms with E-state index >= 15 is 0 Å². The highest BCUT2D eigenvalue weighted by molar-refractivity contribution is 5.99. The zero-order valence-electron chi connectivity index (χ0n) is 20.9. The first-order valence-electron chi connectivity index (χ1n) is 12.9. The van der Waals surface area contributed by atoms with Gasteiger partial charge >= 0.3 is 5.97 Å². The maximum atomic E-state index is 13.1. The highest BCUT2D eigenvalue weighted by atomic mass is 16.5. The molecule has 1 aliphatic rings. The predicted molar refractivity (Wildman–Crippen MR) is 138 cm³/mol. The molecule has 0 aliphatic heterocycles. The lowest BCUT2D eigenvalue weighted by molar-refractivity contribution is -0.151. The summed E-state index contributed by atoms with van der Waals surface area (Å²) in [6.07, 6.45) is 7.05. The van der Waals surface area contributed by atoms with Crippen molar-refractivity contribution < 1.29 is 29.1 Å². The van der Waals surface area contributed by atoms with Crippen molar-refractivity contribution in [3.8, 4) is 0 Å². The molecule has 0 spiro atoms. The van der Waals surface area contributed by atoms with Crippen LogP contribution in [0.3, 0.4) is 0 Å². The highest BCUT2D eigenvalue weighted by Gasteiger charge is 2.28. The molecule has 3 rings (SSSR count). The van der Waals surface area contributed by atoms with Gasteiger partial charge in [-0.3, -0.25) is 19.6 Å². The van der Waals surface area contributed by atoms with Gasteiger partial charge in [0.15, 0.2) is 6.04 Å². The molecule has 0 aromatic heterocycles. The van der Waals surface area contributed by atoms with Crippen LogP contribution in [0.4, 0.5) is 5.69 Å². The van der Waals surface area contributed by atoms with Gasteiger partial charge in [0.2, 0.25) is 11.8 Å². The van der Waals surface area contributed by atoms with Crippen LogP contribution in [0.1, 0.15) is 86.2 Å². The van der Waals surface area contributed by atoms with Crippen LogP contribution < -0.4 is 16.1 Å². The molecule has 0 saturated heterocycles. The monoisotopic (exact) mass is 509 g/mol. The van der Waals surface area contributed by atoms with Crippen molar-refractivity contribution in [2.75, 3.05) is 5.32 Å². The lowest BCUT2D eigenvalue weighted by Crippen LogP contribution is -2.36. The van der Waals surface area contributed by atoms with Crippen LogP contribution in [0.15, 0.2) is 54.6 Å². The SMILES string of the molecule is O=C(CCCCCCC(=O)Nc1cccc(C(=O)NC(C(=O)OC2CCCC2)c2ccccc2)c1)NO. The Morgan fingerprint density at radius 2 is 1.54 bits per heavy atom. The van der Waals surface area contributed by atoms with Crippen molar-refractivity contribution >= 4 is 29.4 Å². The first kappa shape index (κ1) is 27.9. The number of esters is 1. The zero-order valence-corrected chi connectivity index (χ0v) is 20.9. The second-order valence-corrected chi connectivity index (χ2v) is 9.24. The summed E-state index contributed by atoms with van der Waals surface area (Å²) < 4.78 is 5.68. The molecular formula is C28H35N3O6. The molecule has 0 heterocycles. The fourth-order valence-corrected chi connectivity index (χ4v) is 4.32. The number of anilines is 1. The number of carbonyl (C=O) groups excluding carboxylic acids is 4. The molecule has 9 heteroatoms. The number of hydrogen-bond acceptors (Lipinski definition) is 6. The van der Waals surface area contributed by atoms with Gasteiger partial charge in [-0.05, 0) is 62.3 Å². The molecule has 1 aliphatic carbocycles. The molecular weight excluding hydrogens is 474 g/mol. The Morgan fingerprint density at radius 1 is 0.865 bits per heavy atom. The van der Waals surface area contributed by atoms with Crippen LogP contribution in [0.25, 0.3) is 0 Å². The molecule has 4 N–H and O–H groups in total. The van der Waals surface area contributed by atoms with E-state index in [9.17, 15) is 19.2 Å². The third kappa shape index (κ3) is 9.34. The Kier molecular flexibility index (Phi) is 11.1. The van der Waals surface area contributed by atoms with Crippen LogP contribution in [-0.4, -0.2) is 35.0 Å². The van der Waals surface area contributed by atoms with Crippen molar-refractivity contribution in [1.29, 1.82) is 0 Å². The third-order valence-corrected chi connectivity index (χ3v) is 6.32. The Labute approximate surface area is 216 Å². The van der Waals surface area contributed by atoms with E-state index in [1.54, 1.807) is 54.0 Å². The lowest BCUT2D eigenvalue weighted by Gasteiger charge is -2.21. The van der Waals surface area contributed by atoms with Crippen LogP contribution in [0.2, 0.25) is 0 Å². The third-order valence-electron chi connectivity index (χ3n) is 6.32. The first-order chi connectivity index (χ1) is 18.0. The van der Waals surface area contributed by atoms with Gasteiger partial charge in [0.05, 0.1) is 0 Å². The van der Waals surface area contributed by atoms with Crippen molar-refractivity contribution in [3.63, 3.8) is 0 Å². The largest absolute Gasteiger partial charge is 0.461 e. The first-order valence-corrected chi connectivity index (χ1v) is 12.9. The molecule has 1 atom stereocenters. The summed E-state index contributed by atoms with van der Waals surface area (Å²) in [5.41, 5.74) is 3.04. The van der Waals surface area contributed by atoms with E-state index in [4.69, 9.17) is 9.94 Å². The minimum absolute atomic E-state index is 0.116. The number of hydroxylamine groups is 1. The van der Waals surface area contributed by atoms with Gasteiger partial charge < -0.3 is 15.4 Å². The Balaban J connectivity index is 1.54. The maximum Gasteiger partial charge on any atom is 0.333 e. The molecule has 1 unspecified atom stereocenters. The van der Waals surface area contributed by atoms with Gasteiger partial charge in [-0.25, -0.2) is 10.3 Å². The van der Waals surface area contributed by atoms with Gasteiger partial charge in [-0.1, -0.05) is 49.2 Å². The fourth-order valence-electron chi connectivity index (χ4n) is 4.32. The molecule has 37 heavy (non-hydrogen) atoms. The Bertz CT molecular complexity index is 1050. The summed E-state index contributed by atoms with van der Waals surface area (Å²) in [7, 11) is 0. The minimum Gasteiger partial charge on any atom is -0.461 e. The van der Waals surface area contributed by atoms with Crippen LogP contribution in [0.5, 0.6) is 0 Å². The van der Waals surface area contributed by atoms with Gasteiger partial charge in [0.25, 0.3) is 5.91 Å². The summed E-state index contributed by atoms with van der Waals surface area (Å²) in [5.74, 6) is -1.51. The second kappa shape index (κ2) is 14.7. The standard InChI is InChI=1S/C28H35N3O6/c32-24(17-6-1-2-7-18-25(33)31-36)29-22-14-10-13-21(19-22)27(34)30-26(20-11-4-3-5-12-20)28(35)37-23-15-8-9-16-23/h3-5,10-14,19,23,26,36H,1-2,6-9,15-18H2,(H,29,32)(H,30,34)(H,31,33). The van der Waals surface area contributed by atoms with Crippen LogP contribution >= 0.6 is 0 Å². The second-order valence-electron chi connectivity index (χ2n) is 9.24. The molecule has 2 aromatic carbocycles. The average molecular weight is 510 g/mol. The molecule has 0 radical (unpaired) electrons. The van der Waals surface area contributed by atoms with Crippen molar-refractivity contribution in [3.05, 3.63) is 65.7 Å². The Hall–Kier alpha value is -3.72. The summed E-state index contributed by atoms with van der Waals surface area (Å²) in [6.45, 7) is 0. The van der Waals surface area contributed by atoms with Gasteiger partial charge in [0.1, 0.15) is 6.10 Å². The smallest absolute Gasteiger partial charge is 0.333 e.